The van der Waals surface area contributed by atoms with Crippen LogP contribution in [0, 0.1) is 5.92 Å². The Balaban J connectivity index is 1.53. The molecule has 0 unspecified atom stereocenters. The second-order valence-corrected chi connectivity index (χ2v) is 7.46. The Morgan fingerprint density at radius 2 is 2.11 bits per heavy atom. The Kier molecular flexibility index (Phi) is 6.73. The van der Waals surface area contributed by atoms with Crippen molar-refractivity contribution in [2.24, 2.45) is 5.92 Å². The van der Waals surface area contributed by atoms with E-state index in [9.17, 15) is 9.59 Å². The fraction of sp³-hybridized carbons (Fsp3) is 0.444. The molecule has 9 heteroatoms. The molecule has 1 amide bonds. The van der Waals surface area contributed by atoms with Crippen LogP contribution in [0.3, 0.4) is 0 Å². The predicted molar refractivity (Wildman–Crippen MR) is 101 cm³/mol. The van der Waals surface area contributed by atoms with Crippen LogP contribution >= 0.6 is 23.4 Å². The zero-order valence-corrected chi connectivity index (χ0v) is 16.5. The van der Waals surface area contributed by atoms with Crippen LogP contribution in [0.15, 0.2) is 33.9 Å². The van der Waals surface area contributed by atoms with Gasteiger partial charge in [-0.3, -0.25) is 9.59 Å². The van der Waals surface area contributed by atoms with Gasteiger partial charge in [0.2, 0.25) is 11.8 Å². The van der Waals surface area contributed by atoms with Crippen LogP contribution in [0.25, 0.3) is 11.5 Å². The summed E-state index contributed by atoms with van der Waals surface area (Å²) < 4.78 is 10.7. The molecule has 0 N–H and O–H groups in total. The molecule has 1 saturated heterocycles. The number of hydrogen-bond donors (Lipinski definition) is 0. The molecule has 144 valence electrons. The molecular formula is C18H20ClN3O4S. The normalized spacial score (nSPS) is 17.0. The van der Waals surface area contributed by atoms with Gasteiger partial charge in [-0.1, -0.05) is 23.4 Å². The van der Waals surface area contributed by atoms with Crippen LogP contribution in [-0.2, 0) is 14.3 Å². The van der Waals surface area contributed by atoms with E-state index in [1.165, 1.54) is 11.8 Å². The van der Waals surface area contributed by atoms with Gasteiger partial charge < -0.3 is 14.1 Å². The second-order valence-electron chi connectivity index (χ2n) is 6.10. The molecule has 1 fully saturated rings. The zero-order chi connectivity index (χ0) is 19.2. The molecule has 2 aromatic rings. The molecule has 1 aromatic carbocycles. The molecule has 1 aromatic heterocycles. The van der Waals surface area contributed by atoms with Gasteiger partial charge >= 0.3 is 5.97 Å². The summed E-state index contributed by atoms with van der Waals surface area (Å²) in [5.74, 6) is 0.0274. The summed E-state index contributed by atoms with van der Waals surface area (Å²) in [5, 5.41) is 8.92. The summed E-state index contributed by atoms with van der Waals surface area (Å²) in [6, 6.07) is 7.07. The van der Waals surface area contributed by atoms with E-state index in [-0.39, 0.29) is 23.5 Å². The van der Waals surface area contributed by atoms with Gasteiger partial charge in [-0.05, 0) is 44.0 Å². The lowest BCUT2D eigenvalue weighted by Gasteiger charge is -2.31. The number of likely N-dealkylation sites (tertiary alicyclic amines) is 1. The highest BCUT2D eigenvalue weighted by Gasteiger charge is 2.29. The van der Waals surface area contributed by atoms with Crippen molar-refractivity contribution in [3.05, 3.63) is 29.3 Å². The van der Waals surface area contributed by atoms with Crippen LogP contribution in [0.5, 0.6) is 0 Å². The summed E-state index contributed by atoms with van der Waals surface area (Å²) in [4.78, 5) is 26.1. The molecule has 1 atom stereocenters. The van der Waals surface area contributed by atoms with Gasteiger partial charge in [0.05, 0.1) is 18.3 Å². The van der Waals surface area contributed by atoms with Gasteiger partial charge in [0.15, 0.2) is 0 Å². The van der Waals surface area contributed by atoms with E-state index in [2.05, 4.69) is 10.2 Å². The minimum atomic E-state index is -0.243. The Bertz CT molecular complexity index is 796. The van der Waals surface area contributed by atoms with E-state index in [1.807, 2.05) is 0 Å². The number of rotatable bonds is 6. The highest BCUT2D eigenvalue weighted by Crippen LogP contribution is 2.25. The third-order valence-corrected chi connectivity index (χ3v) is 5.27. The first kappa shape index (κ1) is 19.7. The summed E-state index contributed by atoms with van der Waals surface area (Å²) in [6.45, 7) is 3.18. The molecule has 0 radical (unpaired) electrons. The summed E-state index contributed by atoms with van der Waals surface area (Å²) in [5.41, 5.74) is 0.762. The molecule has 3 rings (SSSR count). The number of hydrogen-bond acceptors (Lipinski definition) is 7. The number of benzene rings is 1. The maximum absolute atomic E-state index is 12.5. The third kappa shape index (κ3) is 5.23. The van der Waals surface area contributed by atoms with Crippen molar-refractivity contribution in [3.63, 3.8) is 0 Å². The number of carbonyl (C=O) groups excluding carboxylic acids is 2. The van der Waals surface area contributed by atoms with Crippen molar-refractivity contribution in [2.45, 2.75) is 25.0 Å². The first-order valence-corrected chi connectivity index (χ1v) is 10.1. The van der Waals surface area contributed by atoms with E-state index < -0.39 is 0 Å². The predicted octanol–water partition coefficient (Wildman–Crippen LogP) is 3.28. The van der Waals surface area contributed by atoms with Crippen LogP contribution in [0.4, 0.5) is 0 Å². The number of nitrogens with zero attached hydrogens (tertiary/aromatic N) is 3. The van der Waals surface area contributed by atoms with E-state index in [1.54, 1.807) is 36.1 Å². The monoisotopic (exact) mass is 409 g/mol. The molecule has 0 spiro atoms. The Morgan fingerprint density at radius 1 is 1.33 bits per heavy atom. The van der Waals surface area contributed by atoms with E-state index in [0.29, 0.717) is 35.8 Å². The van der Waals surface area contributed by atoms with Gasteiger partial charge in [0.1, 0.15) is 0 Å². The van der Waals surface area contributed by atoms with E-state index in [4.69, 9.17) is 20.8 Å². The maximum atomic E-state index is 12.5. The van der Waals surface area contributed by atoms with Gasteiger partial charge in [-0.2, -0.15) is 0 Å². The van der Waals surface area contributed by atoms with Crippen molar-refractivity contribution >= 4 is 35.2 Å². The number of piperidine rings is 1. The molecular weight excluding hydrogens is 390 g/mol. The van der Waals surface area contributed by atoms with Crippen molar-refractivity contribution in [2.75, 3.05) is 25.4 Å². The first-order valence-electron chi connectivity index (χ1n) is 8.73. The number of amides is 1. The molecule has 2 heterocycles. The highest BCUT2D eigenvalue weighted by atomic mass is 35.5. The maximum Gasteiger partial charge on any atom is 0.310 e. The van der Waals surface area contributed by atoms with E-state index in [0.717, 1.165) is 18.4 Å². The van der Waals surface area contributed by atoms with Crippen molar-refractivity contribution in [3.8, 4) is 11.5 Å². The van der Waals surface area contributed by atoms with Gasteiger partial charge in [-0.25, -0.2) is 0 Å². The SMILES string of the molecule is CCOC(=O)[C@H]1CCCN(C(=O)CSc2nnc(-c3ccc(Cl)cc3)o2)C1. The molecule has 7 nitrogen and oxygen atoms in total. The lowest BCUT2D eigenvalue weighted by Crippen LogP contribution is -2.43. The number of aromatic nitrogens is 2. The molecule has 0 saturated carbocycles. The average Bonchev–Trinajstić information content (AvgIpc) is 3.16. The fourth-order valence-corrected chi connectivity index (χ4v) is 3.64. The largest absolute Gasteiger partial charge is 0.466 e. The van der Waals surface area contributed by atoms with Gasteiger partial charge in [0.25, 0.3) is 5.22 Å². The molecule has 1 aliphatic heterocycles. The standard InChI is InChI=1S/C18H20ClN3O4S/c1-2-25-17(24)13-4-3-9-22(10-13)15(23)11-27-18-21-20-16(26-18)12-5-7-14(19)8-6-12/h5-8,13H,2-4,9-11H2,1H3/t13-/m0/s1. The van der Waals surface area contributed by atoms with Gasteiger partial charge in [0, 0.05) is 23.7 Å². The quantitative estimate of drug-likeness (QED) is 0.534. The molecule has 27 heavy (non-hydrogen) atoms. The van der Waals surface area contributed by atoms with Crippen LogP contribution in [-0.4, -0.2) is 52.4 Å². The van der Waals surface area contributed by atoms with Crippen molar-refractivity contribution in [1.82, 2.24) is 15.1 Å². The summed E-state index contributed by atoms with van der Waals surface area (Å²) in [6.07, 6.45) is 1.55. The minimum Gasteiger partial charge on any atom is -0.466 e. The van der Waals surface area contributed by atoms with Crippen molar-refractivity contribution in [1.29, 1.82) is 0 Å². The smallest absolute Gasteiger partial charge is 0.310 e. The number of halogens is 1. The molecule has 1 aliphatic rings. The number of esters is 1. The van der Waals surface area contributed by atoms with Crippen LogP contribution in [0.1, 0.15) is 19.8 Å². The first-order chi connectivity index (χ1) is 13.1. The zero-order valence-electron chi connectivity index (χ0n) is 14.9. The fourth-order valence-electron chi connectivity index (χ4n) is 2.85. The lowest BCUT2D eigenvalue weighted by molar-refractivity contribution is -0.151. The average molecular weight is 410 g/mol. The molecule has 0 bridgehead atoms. The molecule has 0 aliphatic carbocycles. The Labute approximate surface area is 166 Å². The second kappa shape index (κ2) is 9.23. The minimum absolute atomic E-state index is 0.0553. The number of carbonyl (C=O) groups is 2. The lowest BCUT2D eigenvalue weighted by atomic mass is 9.98. The summed E-state index contributed by atoms with van der Waals surface area (Å²) >= 11 is 7.06. The third-order valence-electron chi connectivity index (χ3n) is 4.21. The Hall–Kier alpha value is -2.06. The summed E-state index contributed by atoms with van der Waals surface area (Å²) in [7, 11) is 0. The number of thioether (sulfide) groups is 1. The Morgan fingerprint density at radius 3 is 2.85 bits per heavy atom. The van der Waals surface area contributed by atoms with E-state index >= 15 is 0 Å². The van der Waals surface area contributed by atoms with Gasteiger partial charge in [-0.15, -0.1) is 10.2 Å². The number of ether oxygens (including phenoxy) is 1. The van der Waals surface area contributed by atoms with Crippen LogP contribution in [0.2, 0.25) is 5.02 Å². The van der Waals surface area contributed by atoms with Crippen molar-refractivity contribution < 1.29 is 18.7 Å². The topological polar surface area (TPSA) is 85.5 Å². The highest BCUT2D eigenvalue weighted by molar-refractivity contribution is 7.99. The van der Waals surface area contributed by atoms with Crippen LogP contribution < -0.4 is 0 Å².